The Kier molecular flexibility index (Phi) is 8.70. The molecule has 0 spiro atoms. The van der Waals surface area contributed by atoms with E-state index in [1.54, 1.807) is 6.92 Å². The van der Waals surface area contributed by atoms with Crippen LogP contribution in [-0.4, -0.2) is 36.1 Å². The van der Waals surface area contributed by atoms with Crippen LogP contribution in [0.4, 0.5) is 17.6 Å². The molecule has 0 aromatic carbocycles. The van der Waals surface area contributed by atoms with Crippen molar-refractivity contribution >= 4 is 16.9 Å². The predicted octanol–water partition coefficient (Wildman–Crippen LogP) is 3.42. The zero-order valence-electron chi connectivity index (χ0n) is 9.10. The zero-order chi connectivity index (χ0) is 12.6. The molecule has 6 heteroatoms. The summed E-state index contributed by atoms with van der Waals surface area (Å²) in [4.78, 5) is 10.8. The van der Waals surface area contributed by atoms with Crippen molar-refractivity contribution in [2.24, 2.45) is 0 Å². The molecule has 1 nitrogen and oxygen atoms in total. The molecule has 0 saturated carbocycles. The maximum absolute atomic E-state index is 13.1. The monoisotopic (exact) mass is 260 g/mol. The number of carbonyl (C=O) groups excluding carboxylic acids is 1. The average Bonchev–Trinajstić information content (AvgIpc) is 2.28. The first-order chi connectivity index (χ1) is 7.51. The first kappa shape index (κ1) is 15.7. The molecule has 0 aliphatic rings. The van der Waals surface area contributed by atoms with Crippen molar-refractivity contribution in [2.45, 2.75) is 44.7 Å². The molecular weight excluding hydrogens is 244 g/mol. The van der Waals surface area contributed by atoms with Gasteiger partial charge in [0, 0.05) is 18.6 Å². The molecular formula is C10H16F4OS. The van der Waals surface area contributed by atoms with E-state index in [4.69, 9.17) is 0 Å². The summed E-state index contributed by atoms with van der Waals surface area (Å²) >= 11 is 0.933. The molecule has 0 aliphatic carbocycles. The summed E-state index contributed by atoms with van der Waals surface area (Å²) < 4.78 is 50.1. The van der Waals surface area contributed by atoms with Gasteiger partial charge in [-0.2, -0.15) is 0 Å². The summed E-state index contributed by atoms with van der Waals surface area (Å²) in [6, 6.07) is 0. The van der Waals surface area contributed by atoms with Crippen LogP contribution in [0.1, 0.15) is 26.2 Å². The number of carbonyl (C=O) groups is 1. The fourth-order valence-corrected chi connectivity index (χ4v) is 1.80. The fourth-order valence-electron chi connectivity index (χ4n) is 1.02. The van der Waals surface area contributed by atoms with E-state index in [1.165, 1.54) is 0 Å². The Morgan fingerprint density at radius 3 is 2.38 bits per heavy atom. The van der Waals surface area contributed by atoms with Gasteiger partial charge in [-0.1, -0.05) is 18.7 Å². The second-order valence-corrected chi connectivity index (χ2v) is 4.53. The van der Waals surface area contributed by atoms with Gasteiger partial charge in [-0.05, 0) is 6.42 Å². The maximum Gasteiger partial charge on any atom is 0.188 e. The van der Waals surface area contributed by atoms with Gasteiger partial charge in [0.05, 0.1) is 0 Å². The molecule has 0 bridgehead atoms. The van der Waals surface area contributed by atoms with E-state index < -0.39 is 31.6 Å². The second kappa shape index (κ2) is 8.84. The highest BCUT2D eigenvalue weighted by molar-refractivity contribution is 8.13. The smallest absolute Gasteiger partial charge is 0.188 e. The van der Waals surface area contributed by atoms with E-state index in [2.05, 4.69) is 0 Å². The number of rotatable bonds is 8. The molecule has 0 rings (SSSR count). The Morgan fingerprint density at radius 2 is 1.88 bits per heavy atom. The number of hydrogen-bond acceptors (Lipinski definition) is 2. The Balaban J connectivity index is 3.70. The highest BCUT2D eigenvalue weighted by Gasteiger charge is 2.24. The summed E-state index contributed by atoms with van der Waals surface area (Å²) in [5, 5.41) is -0.0882. The van der Waals surface area contributed by atoms with E-state index in [9.17, 15) is 22.4 Å². The Labute approximate surface area is 97.0 Å². The summed E-state index contributed by atoms with van der Waals surface area (Å²) in [5.74, 6) is 0.167. The van der Waals surface area contributed by atoms with Gasteiger partial charge >= 0.3 is 0 Å². The molecule has 3 unspecified atom stereocenters. The highest BCUT2D eigenvalue weighted by Crippen LogP contribution is 2.18. The molecule has 0 fully saturated rings. The van der Waals surface area contributed by atoms with Gasteiger partial charge in [0.2, 0.25) is 0 Å². The minimum absolute atomic E-state index is 0.0882. The van der Waals surface area contributed by atoms with E-state index >= 15 is 0 Å². The third-order valence-electron chi connectivity index (χ3n) is 1.99. The van der Waals surface area contributed by atoms with Crippen LogP contribution >= 0.6 is 11.8 Å². The molecule has 3 atom stereocenters. The molecule has 0 N–H and O–H groups in total. The van der Waals surface area contributed by atoms with Crippen LogP contribution in [0.25, 0.3) is 0 Å². The van der Waals surface area contributed by atoms with E-state index in [1.807, 2.05) is 0 Å². The second-order valence-electron chi connectivity index (χ2n) is 3.38. The molecule has 0 radical (unpaired) electrons. The van der Waals surface area contributed by atoms with Crippen LogP contribution in [0, 0.1) is 0 Å². The molecule has 16 heavy (non-hydrogen) atoms. The van der Waals surface area contributed by atoms with Gasteiger partial charge in [-0.25, -0.2) is 17.6 Å². The molecule has 0 aromatic heterocycles. The Hall–Kier alpha value is -0.260. The average molecular weight is 260 g/mol. The van der Waals surface area contributed by atoms with E-state index in [0.717, 1.165) is 11.8 Å². The van der Waals surface area contributed by atoms with Crippen LogP contribution < -0.4 is 0 Å². The third kappa shape index (κ3) is 7.09. The zero-order valence-corrected chi connectivity index (χ0v) is 9.91. The van der Waals surface area contributed by atoms with Gasteiger partial charge in [-0.3, -0.25) is 4.79 Å². The van der Waals surface area contributed by atoms with Gasteiger partial charge in [0.15, 0.2) is 5.12 Å². The lowest BCUT2D eigenvalue weighted by Crippen LogP contribution is -2.23. The van der Waals surface area contributed by atoms with Gasteiger partial charge in [0.25, 0.3) is 0 Å². The number of halogens is 4. The predicted molar refractivity (Wildman–Crippen MR) is 57.7 cm³/mol. The van der Waals surface area contributed by atoms with Crippen molar-refractivity contribution in [3.63, 3.8) is 0 Å². The first-order valence-corrected chi connectivity index (χ1v) is 6.13. The Bertz CT molecular complexity index is 203. The van der Waals surface area contributed by atoms with Crippen molar-refractivity contribution in [1.29, 1.82) is 0 Å². The SMILES string of the molecule is CCC(=O)SCCC(F)C(F)CC(F)CF. The lowest BCUT2D eigenvalue weighted by atomic mass is 10.1. The fraction of sp³-hybridized carbons (Fsp3) is 0.900. The van der Waals surface area contributed by atoms with Crippen LogP contribution in [0.5, 0.6) is 0 Å². The van der Waals surface area contributed by atoms with Crippen LogP contribution in [0.2, 0.25) is 0 Å². The van der Waals surface area contributed by atoms with Crippen molar-refractivity contribution < 1.29 is 22.4 Å². The molecule has 0 aliphatic heterocycles. The normalized spacial score (nSPS) is 16.8. The Morgan fingerprint density at radius 1 is 1.25 bits per heavy atom. The molecule has 96 valence electrons. The first-order valence-electron chi connectivity index (χ1n) is 5.15. The quantitative estimate of drug-likeness (QED) is 0.622. The minimum atomic E-state index is -2.00. The van der Waals surface area contributed by atoms with Crippen LogP contribution in [0.15, 0.2) is 0 Å². The van der Waals surface area contributed by atoms with Gasteiger partial charge in [-0.15, -0.1) is 0 Å². The van der Waals surface area contributed by atoms with Crippen LogP contribution in [0.3, 0.4) is 0 Å². The standard InChI is InChI=1S/C10H16F4OS/c1-2-10(15)16-4-3-8(13)9(14)5-7(12)6-11/h7-9H,2-6H2,1H3. The van der Waals surface area contributed by atoms with Crippen molar-refractivity contribution in [1.82, 2.24) is 0 Å². The third-order valence-corrected chi connectivity index (χ3v) is 3.04. The van der Waals surface area contributed by atoms with Gasteiger partial charge in [0.1, 0.15) is 25.2 Å². The summed E-state index contributed by atoms with van der Waals surface area (Å²) in [6.07, 6.45) is -6.35. The topological polar surface area (TPSA) is 17.1 Å². The molecule has 0 aromatic rings. The van der Waals surface area contributed by atoms with Gasteiger partial charge < -0.3 is 0 Å². The lowest BCUT2D eigenvalue weighted by Gasteiger charge is -2.14. The van der Waals surface area contributed by atoms with Crippen molar-refractivity contribution in [3.05, 3.63) is 0 Å². The van der Waals surface area contributed by atoms with E-state index in [0.29, 0.717) is 6.42 Å². The largest absolute Gasteiger partial charge is 0.287 e. The highest BCUT2D eigenvalue weighted by atomic mass is 32.2. The lowest BCUT2D eigenvalue weighted by molar-refractivity contribution is -0.110. The summed E-state index contributed by atoms with van der Waals surface area (Å²) in [6.45, 7) is 0.380. The number of hydrogen-bond donors (Lipinski definition) is 0. The minimum Gasteiger partial charge on any atom is -0.287 e. The summed E-state index contributed by atoms with van der Waals surface area (Å²) in [7, 11) is 0. The van der Waals surface area contributed by atoms with Crippen molar-refractivity contribution in [3.8, 4) is 0 Å². The molecule has 0 amide bonds. The summed E-state index contributed by atoms with van der Waals surface area (Å²) in [5.41, 5.74) is 0. The van der Waals surface area contributed by atoms with E-state index in [-0.39, 0.29) is 17.3 Å². The molecule has 0 heterocycles. The number of thioether (sulfide) groups is 1. The molecule has 0 saturated heterocycles. The number of alkyl halides is 4. The van der Waals surface area contributed by atoms with Crippen LogP contribution in [-0.2, 0) is 4.79 Å². The van der Waals surface area contributed by atoms with Crippen molar-refractivity contribution in [2.75, 3.05) is 12.4 Å². The maximum atomic E-state index is 13.1.